The summed E-state index contributed by atoms with van der Waals surface area (Å²) in [6.07, 6.45) is 2.31. The lowest BCUT2D eigenvalue weighted by molar-refractivity contribution is -0.118. The molecule has 5 heteroatoms. The molecule has 5 nitrogen and oxygen atoms in total. The third-order valence-electron chi connectivity index (χ3n) is 5.38. The van der Waals surface area contributed by atoms with E-state index < -0.39 is 0 Å². The van der Waals surface area contributed by atoms with E-state index in [9.17, 15) is 9.59 Å². The first-order valence-corrected chi connectivity index (χ1v) is 9.55. The van der Waals surface area contributed by atoms with Gasteiger partial charge in [0.2, 0.25) is 5.91 Å². The van der Waals surface area contributed by atoms with Gasteiger partial charge in [0.25, 0.3) is 5.91 Å². The lowest BCUT2D eigenvalue weighted by Gasteiger charge is -2.26. The van der Waals surface area contributed by atoms with Crippen LogP contribution in [-0.4, -0.2) is 25.0 Å². The zero-order valence-electron chi connectivity index (χ0n) is 15.4. The molecule has 5 rings (SSSR count). The van der Waals surface area contributed by atoms with Crippen molar-refractivity contribution in [2.24, 2.45) is 0 Å². The molecule has 140 valence electrons. The van der Waals surface area contributed by atoms with Crippen molar-refractivity contribution >= 4 is 34.0 Å². The van der Waals surface area contributed by atoms with E-state index in [0.29, 0.717) is 12.2 Å². The summed E-state index contributed by atoms with van der Waals surface area (Å²) in [7, 11) is 0. The molecule has 0 fully saturated rings. The highest BCUT2D eigenvalue weighted by atomic mass is 16.5. The Hall–Kier alpha value is -3.34. The minimum Gasteiger partial charge on any atom is -0.484 e. The van der Waals surface area contributed by atoms with Gasteiger partial charge in [0.05, 0.1) is 12.1 Å². The van der Waals surface area contributed by atoms with Crippen molar-refractivity contribution in [2.45, 2.75) is 19.3 Å². The van der Waals surface area contributed by atoms with Gasteiger partial charge in [-0.3, -0.25) is 9.59 Å². The fraction of sp³-hybridized carbons (Fsp3) is 0.217. The largest absolute Gasteiger partial charge is 0.484 e. The number of ether oxygens (including phenoxy) is 1. The third kappa shape index (κ3) is 2.99. The number of amides is 2. The Morgan fingerprint density at radius 2 is 1.86 bits per heavy atom. The van der Waals surface area contributed by atoms with E-state index >= 15 is 0 Å². The molecule has 28 heavy (non-hydrogen) atoms. The Morgan fingerprint density at radius 1 is 1.04 bits per heavy atom. The van der Waals surface area contributed by atoms with Crippen LogP contribution in [-0.2, 0) is 22.4 Å². The lowest BCUT2D eigenvalue weighted by atomic mass is 9.99. The summed E-state index contributed by atoms with van der Waals surface area (Å²) in [6.45, 7) is 0.736. The molecule has 3 aromatic carbocycles. The first-order valence-electron chi connectivity index (χ1n) is 9.55. The summed E-state index contributed by atoms with van der Waals surface area (Å²) in [5, 5.41) is 5.12. The minimum absolute atomic E-state index is 0.0597. The molecule has 0 atom stereocenters. The van der Waals surface area contributed by atoms with Gasteiger partial charge >= 0.3 is 0 Å². The van der Waals surface area contributed by atoms with Crippen LogP contribution in [0.4, 0.5) is 11.4 Å². The van der Waals surface area contributed by atoms with Crippen molar-refractivity contribution in [1.29, 1.82) is 0 Å². The second-order valence-corrected chi connectivity index (χ2v) is 7.31. The monoisotopic (exact) mass is 372 g/mol. The summed E-state index contributed by atoms with van der Waals surface area (Å²) in [6, 6.07) is 17.7. The van der Waals surface area contributed by atoms with Crippen LogP contribution in [0.15, 0.2) is 54.6 Å². The molecule has 0 aromatic heterocycles. The lowest BCUT2D eigenvalue weighted by Crippen LogP contribution is -2.31. The second-order valence-electron chi connectivity index (χ2n) is 7.31. The highest BCUT2D eigenvalue weighted by molar-refractivity contribution is 6.04. The number of anilines is 2. The standard InChI is InChI=1S/C23H20N2O3/c26-21(14-28-20-8-7-15-4-1-2-5-16(15)12-20)24-19-10-17-6-3-9-25-22(27)13-18(11-19)23(17)25/h1-2,4-5,7-8,10-12H,3,6,9,13-14H2,(H,24,26). The number of aryl methyl sites for hydroxylation is 1. The van der Waals surface area contributed by atoms with Crippen molar-refractivity contribution in [1.82, 2.24) is 0 Å². The summed E-state index contributed by atoms with van der Waals surface area (Å²) < 4.78 is 5.67. The summed E-state index contributed by atoms with van der Waals surface area (Å²) in [5.41, 5.74) is 3.94. The molecule has 2 amide bonds. The van der Waals surface area contributed by atoms with Gasteiger partial charge in [0.15, 0.2) is 6.61 Å². The van der Waals surface area contributed by atoms with Crippen molar-refractivity contribution in [3.63, 3.8) is 0 Å². The summed E-state index contributed by atoms with van der Waals surface area (Å²) >= 11 is 0. The maximum absolute atomic E-state index is 12.4. The second kappa shape index (κ2) is 6.68. The van der Waals surface area contributed by atoms with E-state index in [1.54, 1.807) is 0 Å². The van der Waals surface area contributed by atoms with Crippen molar-refractivity contribution in [3.05, 3.63) is 65.7 Å². The molecule has 0 spiro atoms. The molecule has 2 heterocycles. The average molecular weight is 372 g/mol. The molecule has 0 saturated heterocycles. The van der Waals surface area contributed by atoms with Gasteiger partial charge in [-0.25, -0.2) is 0 Å². The molecule has 3 aromatic rings. The molecule has 2 aliphatic heterocycles. The van der Waals surface area contributed by atoms with Gasteiger partial charge in [-0.1, -0.05) is 30.3 Å². The fourth-order valence-corrected chi connectivity index (χ4v) is 4.15. The van der Waals surface area contributed by atoms with E-state index in [1.807, 2.05) is 59.5 Å². The van der Waals surface area contributed by atoms with Crippen LogP contribution in [0.25, 0.3) is 10.8 Å². The van der Waals surface area contributed by atoms with Crippen LogP contribution in [0, 0.1) is 0 Å². The van der Waals surface area contributed by atoms with Gasteiger partial charge < -0.3 is 15.0 Å². The van der Waals surface area contributed by atoms with Gasteiger partial charge in [0, 0.05) is 12.2 Å². The Kier molecular flexibility index (Phi) is 4.01. The van der Waals surface area contributed by atoms with E-state index in [1.165, 1.54) is 0 Å². The van der Waals surface area contributed by atoms with E-state index in [4.69, 9.17) is 4.74 Å². The fourth-order valence-electron chi connectivity index (χ4n) is 4.15. The molecular weight excluding hydrogens is 352 g/mol. The smallest absolute Gasteiger partial charge is 0.262 e. The zero-order chi connectivity index (χ0) is 19.1. The van der Waals surface area contributed by atoms with Gasteiger partial charge in [-0.2, -0.15) is 0 Å². The van der Waals surface area contributed by atoms with Gasteiger partial charge in [0.1, 0.15) is 5.75 Å². The van der Waals surface area contributed by atoms with Gasteiger partial charge in [-0.05, 0) is 59.0 Å². The van der Waals surface area contributed by atoms with Crippen LogP contribution in [0.1, 0.15) is 17.5 Å². The molecule has 2 aliphatic rings. The average Bonchev–Trinajstić information content (AvgIpc) is 3.03. The highest BCUT2D eigenvalue weighted by Crippen LogP contribution is 2.38. The predicted molar refractivity (Wildman–Crippen MR) is 109 cm³/mol. The van der Waals surface area contributed by atoms with E-state index in [2.05, 4.69) is 5.32 Å². The maximum atomic E-state index is 12.4. The van der Waals surface area contributed by atoms with Crippen LogP contribution in [0.5, 0.6) is 5.75 Å². The van der Waals surface area contributed by atoms with E-state index in [-0.39, 0.29) is 18.4 Å². The van der Waals surface area contributed by atoms with Crippen LogP contribution in [0.2, 0.25) is 0 Å². The topological polar surface area (TPSA) is 58.6 Å². The van der Waals surface area contributed by atoms with Crippen molar-refractivity contribution in [2.75, 3.05) is 23.4 Å². The molecule has 0 radical (unpaired) electrons. The normalized spacial score (nSPS) is 14.9. The minimum atomic E-state index is -0.211. The van der Waals surface area contributed by atoms with Gasteiger partial charge in [-0.15, -0.1) is 0 Å². The SMILES string of the molecule is O=C(COc1ccc2ccccc2c1)Nc1cc2c3c(c1)CC(=O)N3CCC2. The zero-order valence-corrected chi connectivity index (χ0v) is 15.4. The number of nitrogens with one attached hydrogen (secondary N) is 1. The van der Waals surface area contributed by atoms with Crippen molar-refractivity contribution in [3.8, 4) is 5.75 Å². The highest BCUT2D eigenvalue weighted by Gasteiger charge is 2.32. The quantitative estimate of drug-likeness (QED) is 0.760. The predicted octanol–water partition coefficient (Wildman–Crippen LogP) is 3.69. The van der Waals surface area contributed by atoms with Crippen molar-refractivity contribution < 1.29 is 14.3 Å². The Balaban J connectivity index is 1.28. The summed E-state index contributed by atoms with van der Waals surface area (Å²) in [5.74, 6) is 0.607. The van der Waals surface area contributed by atoms with Crippen LogP contribution in [0.3, 0.4) is 0 Å². The molecule has 1 N–H and O–H groups in total. The number of carbonyl (C=O) groups excluding carboxylic acids is 2. The van der Waals surface area contributed by atoms with Crippen LogP contribution >= 0.6 is 0 Å². The first kappa shape index (κ1) is 16.8. The number of nitrogens with zero attached hydrogens (tertiary/aromatic N) is 1. The Bertz CT molecular complexity index is 1110. The number of carbonyl (C=O) groups is 2. The van der Waals surface area contributed by atoms with Crippen LogP contribution < -0.4 is 15.0 Å². The molecular formula is C23H20N2O3. The molecule has 0 unspecified atom stereocenters. The van der Waals surface area contributed by atoms with E-state index in [0.717, 1.165) is 52.7 Å². The third-order valence-corrected chi connectivity index (χ3v) is 5.38. The Morgan fingerprint density at radius 3 is 2.75 bits per heavy atom. The Labute approximate surface area is 162 Å². The number of benzene rings is 3. The maximum Gasteiger partial charge on any atom is 0.262 e. The molecule has 0 saturated carbocycles. The first-order chi connectivity index (χ1) is 13.7. The number of rotatable bonds is 4. The summed E-state index contributed by atoms with van der Waals surface area (Å²) in [4.78, 5) is 26.4. The molecule has 0 bridgehead atoms. The number of hydrogen-bond donors (Lipinski definition) is 1. The molecule has 0 aliphatic carbocycles. The number of fused-ring (bicyclic) bond motifs is 1. The number of hydrogen-bond acceptors (Lipinski definition) is 3.